The van der Waals surface area contributed by atoms with Gasteiger partial charge in [-0.2, -0.15) is 0 Å². The van der Waals surface area contributed by atoms with Crippen LogP contribution in [0.4, 0.5) is 11.5 Å². The van der Waals surface area contributed by atoms with Crippen LogP contribution in [0.2, 0.25) is 0 Å². The Morgan fingerprint density at radius 1 is 1.08 bits per heavy atom. The van der Waals surface area contributed by atoms with Gasteiger partial charge in [0.05, 0.1) is 11.3 Å². The molecule has 0 unspecified atom stereocenters. The minimum absolute atomic E-state index is 0. The van der Waals surface area contributed by atoms with Crippen LogP contribution in [0.25, 0.3) is 0 Å². The normalized spacial score (nSPS) is 9.92. The van der Waals surface area contributed by atoms with Crippen molar-refractivity contribution in [3.63, 3.8) is 0 Å². The number of rotatable bonds is 5. The van der Waals surface area contributed by atoms with Gasteiger partial charge in [-0.1, -0.05) is 0 Å². The number of nitrogens with zero attached hydrogens (tertiary/aromatic N) is 2. The second-order valence-electron chi connectivity index (χ2n) is 5.52. The SMILES string of the molecule is Cc1ccc(Oc2ccnc(Nc3ccc(C(=O)O)cc3)c2)c(C)n1.[LiH]. The Hall–Kier alpha value is -2.81. The number of benzene rings is 1. The summed E-state index contributed by atoms with van der Waals surface area (Å²) in [6.45, 7) is 3.83. The van der Waals surface area contributed by atoms with Crippen LogP contribution in [-0.4, -0.2) is 39.9 Å². The Kier molecular flexibility index (Phi) is 6.40. The predicted octanol–water partition coefficient (Wildman–Crippen LogP) is 3.68. The van der Waals surface area contributed by atoms with E-state index in [0.29, 0.717) is 17.3 Å². The fraction of sp³-hybridized carbons (Fsp3) is 0.105. The van der Waals surface area contributed by atoms with Gasteiger partial charge in [0.1, 0.15) is 17.3 Å². The van der Waals surface area contributed by atoms with Crippen LogP contribution in [-0.2, 0) is 0 Å². The second-order valence-corrected chi connectivity index (χ2v) is 5.52. The molecule has 6 nitrogen and oxygen atoms in total. The number of carboxylic acids is 1. The van der Waals surface area contributed by atoms with Crippen molar-refractivity contribution in [3.05, 3.63) is 71.7 Å². The van der Waals surface area contributed by atoms with E-state index in [0.717, 1.165) is 17.1 Å². The van der Waals surface area contributed by atoms with Crippen LogP contribution in [0, 0.1) is 13.8 Å². The van der Waals surface area contributed by atoms with Crippen molar-refractivity contribution in [2.75, 3.05) is 5.32 Å². The number of hydrogen-bond acceptors (Lipinski definition) is 5. The van der Waals surface area contributed by atoms with Crippen molar-refractivity contribution < 1.29 is 14.6 Å². The van der Waals surface area contributed by atoms with E-state index < -0.39 is 5.97 Å². The summed E-state index contributed by atoms with van der Waals surface area (Å²) in [6, 6.07) is 13.8. The van der Waals surface area contributed by atoms with Gasteiger partial charge in [-0.15, -0.1) is 0 Å². The van der Waals surface area contributed by atoms with E-state index in [-0.39, 0.29) is 24.4 Å². The van der Waals surface area contributed by atoms with Crippen molar-refractivity contribution in [1.82, 2.24) is 9.97 Å². The van der Waals surface area contributed by atoms with Gasteiger partial charge in [0.15, 0.2) is 0 Å². The molecular formula is C19H18LiN3O3. The van der Waals surface area contributed by atoms with Crippen LogP contribution < -0.4 is 10.1 Å². The number of pyridine rings is 2. The molecule has 26 heavy (non-hydrogen) atoms. The van der Waals surface area contributed by atoms with Crippen molar-refractivity contribution in [2.45, 2.75) is 13.8 Å². The molecule has 0 bridgehead atoms. The van der Waals surface area contributed by atoms with Crippen LogP contribution in [0.1, 0.15) is 21.7 Å². The number of aromatic carboxylic acids is 1. The van der Waals surface area contributed by atoms with Crippen molar-refractivity contribution in [3.8, 4) is 11.5 Å². The number of hydrogen-bond donors (Lipinski definition) is 2. The molecule has 7 heteroatoms. The molecule has 2 aromatic heterocycles. The summed E-state index contributed by atoms with van der Waals surface area (Å²) in [7, 11) is 0. The molecule has 0 saturated heterocycles. The minimum atomic E-state index is -0.956. The number of carboxylic acid groups (broad SMARTS) is 1. The van der Waals surface area contributed by atoms with Gasteiger partial charge in [0.25, 0.3) is 0 Å². The average Bonchev–Trinajstić information content (AvgIpc) is 2.58. The average molecular weight is 343 g/mol. The van der Waals surface area contributed by atoms with Crippen molar-refractivity contribution in [1.29, 1.82) is 0 Å². The summed E-state index contributed by atoms with van der Waals surface area (Å²) in [5.74, 6) is 0.961. The first-order valence-corrected chi connectivity index (χ1v) is 7.70. The number of carbonyl (C=O) groups is 1. The molecule has 0 fully saturated rings. The number of aryl methyl sites for hydroxylation is 2. The number of nitrogens with one attached hydrogen (secondary N) is 1. The summed E-state index contributed by atoms with van der Waals surface area (Å²) < 4.78 is 5.87. The van der Waals surface area contributed by atoms with E-state index in [9.17, 15) is 4.79 Å². The number of aromatic nitrogens is 2. The van der Waals surface area contributed by atoms with Gasteiger partial charge in [0.2, 0.25) is 0 Å². The first-order valence-electron chi connectivity index (χ1n) is 7.70. The summed E-state index contributed by atoms with van der Waals surface area (Å²) >= 11 is 0. The second kappa shape index (κ2) is 8.52. The van der Waals surface area contributed by atoms with Crippen LogP contribution in [0.15, 0.2) is 54.7 Å². The molecule has 1 aromatic carbocycles. The Morgan fingerprint density at radius 2 is 1.81 bits per heavy atom. The molecule has 3 aromatic rings. The summed E-state index contributed by atoms with van der Waals surface area (Å²) in [4.78, 5) is 19.5. The quantitative estimate of drug-likeness (QED) is 0.688. The van der Waals surface area contributed by atoms with Crippen LogP contribution in [0.5, 0.6) is 11.5 Å². The molecule has 0 radical (unpaired) electrons. The van der Waals surface area contributed by atoms with E-state index in [4.69, 9.17) is 9.84 Å². The van der Waals surface area contributed by atoms with Gasteiger partial charge in [-0.05, 0) is 56.3 Å². The first-order chi connectivity index (χ1) is 12.0. The van der Waals surface area contributed by atoms with E-state index in [1.807, 2.05) is 26.0 Å². The van der Waals surface area contributed by atoms with Crippen LogP contribution >= 0.6 is 0 Å². The maximum atomic E-state index is 10.9. The summed E-state index contributed by atoms with van der Waals surface area (Å²) in [6.07, 6.45) is 1.64. The molecule has 0 aliphatic rings. The Balaban J connectivity index is 0.00000243. The monoisotopic (exact) mass is 343 g/mol. The Bertz CT molecular complexity index is 914. The third-order valence-electron chi connectivity index (χ3n) is 3.54. The first kappa shape index (κ1) is 19.5. The zero-order valence-corrected chi connectivity index (χ0v) is 13.9. The van der Waals surface area contributed by atoms with Gasteiger partial charge in [-0.25, -0.2) is 9.78 Å². The summed E-state index contributed by atoms with van der Waals surface area (Å²) in [5, 5.41) is 12.0. The van der Waals surface area contributed by atoms with E-state index >= 15 is 0 Å². The zero-order valence-electron chi connectivity index (χ0n) is 13.9. The Labute approximate surface area is 163 Å². The Morgan fingerprint density at radius 3 is 2.46 bits per heavy atom. The number of ether oxygens (including phenoxy) is 1. The molecule has 0 aliphatic heterocycles. The van der Waals surface area contributed by atoms with Gasteiger partial charge < -0.3 is 15.2 Å². The predicted molar refractivity (Wildman–Crippen MR) is 102 cm³/mol. The molecule has 2 heterocycles. The zero-order chi connectivity index (χ0) is 17.8. The third-order valence-corrected chi connectivity index (χ3v) is 3.54. The molecule has 2 N–H and O–H groups in total. The molecule has 0 aliphatic carbocycles. The molecule has 0 amide bonds. The standard InChI is InChI=1S/C19H17N3O3.Li.H/c1-12-3-8-17(13(2)21-12)25-16-9-10-20-18(11-16)22-15-6-4-14(5-7-15)19(23)24;;/h3-11H,1-2H3,(H,20,22)(H,23,24);;. The summed E-state index contributed by atoms with van der Waals surface area (Å²) in [5.41, 5.74) is 2.73. The fourth-order valence-electron chi connectivity index (χ4n) is 2.30. The van der Waals surface area contributed by atoms with Gasteiger partial charge >= 0.3 is 24.8 Å². The van der Waals surface area contributed by atoms with Gasteiger partial charge in [0, 0.05) is 23.6 Å². The van der Waals surface area contributed by atoms with E-state index in [2.05, 4.69) is 15.3 Å². The molecule has 128 valence electrons. The fourth-order valence-corrected chi connectivity index (χ4v) is 2.30. The topological polar surface area (TPSA) is 84.3 Å². The van der Waals surface area contributed by atoms with Crippen molar-refractivity contribution in [2.24, 2.45) is 0 Å². The molecule has 0 atom stereocenters. The third kappa shape index (κ3) is 4.85. The molecular weight excluding hydrogens is 325 g/mol. The molecule has 0 saturated carbocycles. The van der Waals surface area contributed by atoms with E-state index in [1.54, 1.807) is 30.5 Å². The van der Waals surface area contributed by atoms with Crippen LogP contribution in [0.3, 0.4) is 0 Å². The molecule has 3 rings (SSSR count). The molecule has 0 spiro atoms. The van der Waals surface area contributed by atoms with Crippen molar-refractivity contribution >= 4 is 36.3 Å². The van der Waals surface area contributed by atoms with E-state index in [1.165, 1.54) is 12.1 Å². The number of anilines is 2. The van der Waals surface area contributed by atoms with Gasteiger partial charge in [-0.3, -0.25) is 4.98 Å². The maximum absolute atomic E-state index is 10.9.